The fraction of sp³-hybridized carbons (Fsp3) is 0. The minimum Gasteiger partial charge on any atom is -0.456 e. The summed E-state index contributed by atoms with van der Waals surface area (Å²) in [4.78, 5) is 2.37. The zero-order valence-corrected chi connectivity index (χ0v) is 26.9. The van der Waals surface area contributed by atoms with Gasteiger partial charge in [-0.2, -0.15) is 0 Å². The van der Waals surface area contributed by atoms with Crippen LogP contribution in [-0.2, 0) is 0 Å². The highest BCUT2D eigenvalue weighted by atomic mass is 16.3. The molecule has 0 saturated carbocycles. The lowest BCUT2D eigenvalue weighted by molar-refractivity contribution is 0.668. The van der Waals surface area contributed by atoms with Gasteiger partial charge in [0.2, 0.25) is 0 Å². The van der Waals surface area contributed by atoms with Gasteiger partial charge in [0.1, 0.15) is 22.3 Å². The highest BCUT2D eigenvalue weighted by molar-refractivity contribution is 6.19. The first kappa shape index (κ1) is 27.2. The topological polar surface area (TPSA) is 34.5 Å². The lowest BCUT2D eigenvalue weighted by Gasteiger charge is -2.26. The van der Waals surface area contributed by atoms with Crippen molar-refractivity contribution in [2.45, 2.75) is 0 Å². The van der Waals surface area contributed by atoms with E-state index in [-0.39, 0.29) is 0 Å². The van der Waals surface area contributed by atoms with Crippen LogP contribution >= 0.6 is 0 Å². The maximum Gasteiger partial charge on any atom is 0.136 e. The Morgan fingerprint density at radius 3 is 1.80 bits per heavy atom. The van der Waals surface area contributed by atoms with E-state index in [2.05, 4.69) is 155 Å². The molecule has 0 bridgehead atoms. The van der Waals surface area contributed by atoms with Crippen molar-refractivity contribution in [2.24, 2.45) is 0 Å². The second kappa shape index (κ2) is 10.4. The third-order valence-electron chi connectivity index (χ3n) is 10.1. The van der Waals surface area contributed by atoms with Gasteiger partial charge in [-0.05, 0) is 95.7 Å². The van der Waals surface area contributed by atoms with E-state index in [9.17, 15) is 0 Å². The highest BCUT2D eigenvalue weighted by Gasteiger charge is 2.20. The molecule has 0 aliphatic carbocycles. The van der Waals surface area contributed by atoms with Crippen molar-refractivity contribution in [3.63, 3.8) is 0 Å². The average Bonchev–Trinajstić information content (AvgIpc) is 3.85. The van der Waals surface area contributed by atoms with Gasteiger partial charge in [0, 0.05) is 55.1 Å². The van der Waals surface area contributed by atoms with Gasteiger partial charge in [-0.15, -0.1) is 0 Å². The standard InChI is InChI=1S/C46H28N2O2/c1-2-10-30(11-3-1)48-40-15-7-4-12-35(40)38-27-32(20-23-41(38)48)47(33-21-25-44-39(28-33)36-13-5-8-16-42(36)49-44)31-19-22-34-29(26-31)18-24-45-46(34)37-14-6-9-17-43(37)50-45/h1-28H. The summed E-state index contributed by atoms with van der Waals surface area (Å²) in [5.41, 5.74) is 10.3. The third-order valence-corrected chi connectivity index (χ3v) is 10.1. The number of para-hydroxylation sites is 4. The molecule has 50 heavy (non-hydrogen) atoms. The molecule has 0 aliphatic rings. The fourth-order valence-corrected chi connectivity index (χ4v) is 7.94. The molecule has 4 nitrogen and oxygen atoms in total. The number of fused-ring (bicyclic) bond motifs is 11. The smallest absolute Gasteiger partial charge is 0.136 e. The molecule has 0 radical (unpaired) electrons. The van der Waals surface area contributed by atoms with Crippen LogP contribution in [0.1, 0.15) is 0 Å². The van der Waals surface area contributed by atoms with E-state index >= 15 is 0 Å². The summed E-state index contributed by atoms with van der Waals surface area (Å²) in [5.74, 6) is 0. The largest absolute Gasteiger partial charge is 0.456 e. The molecule has 0 unspecified atom stereocenters. The monoisotopic (exact) mass is 640 g/mol. The second-order valence-corrected chi connectivity index (χ2v) is 12.9. The molecule has 0 fully saturated rings. The molecule has 0 amide bonds. The van der Waals surface area contributed by atoms with Crippen LogP contribution in [-0.4, -0.2) is 4.57 Å². The molecular formula is C46H28N2O2. The Bertz CT molecular complexity index is 3110. The maximum atomic E-state index is 6.25. The minimum absolute atomic E-state index is 0.879. The molecule has 234 valence electrons. The molecule has 0 spiro atoms. The van der Waals surface area contributed by atoms with Gasteiger partial charge < -0.3 is 18.3 Å². The SMILES string of the molecule is c1ccc(-n2c3ccccc3c3cc(N(c4ccc5c(ccc6oc7ccccc7c65)c4)c4ccc5oc6ccccc6c5c4)ccc32)cc1. The van der Waals surface area contributed by atoms with Crippen LogP contribution in [0.2, 0.25) is 0 Å². The number of hydrogen-bond donors (Lipinski definition) is 0. The first-order valence-corrected chi connectivity index (χ1v) is 16.9. The second-order valence-electron chi connectivity index (χ2n) is 12.9. The Morgan fingerprint density at radius 2 is 0.940 bits per heavy atom. The molecule has 11 aromatic rings. The predicted molar refractivity (Wildman–Crippen MR) is 208 cm³/mol. The molecule has 4 heteroatoms. The summed E-state index contributed by atoms with van der Waals surface area (Å²) >= 11 is 0. The summed E-state index contributed by atoms with van der Waals surface area (Å²) in [6, 6.07) is 60.3. The van der Waals surface area contributed by atoms with Crippen molar-refractivity contribution in [1.29, 1.82) is 0 Å². The zero-order chi connectivity index (χ0) is 32.8. The summed E-state index contributed by atoms with van der Waals surface area (Å²) < 4.78 is 14.8. The van der Waals surface area contributed by atoms with Crippen molar-refractivity contribution in [2.75, 3.05) is 4.90 Å². The first-order valence-electron chi connectivity index (χ1n) is 16.9. The Balaban J connectivity index is 1.17. The Kier molecular flexibility index (Phi) is 5.63. The number of anilines is 3. The van der Waals surface area contributed by atoms with Crippen LogP contribution in [0.15, 0.2) is 179 Å². The first-order chi connectivity index (χ1) is 24.8. The fourth-order valence-electron chi connectivity index (χ4n) is 7.94. The summed E-state index contributed by atoms with van der Waals surface area (Å²) in [5, 5.41) is 9.24. The number of furan rings is 2. The van der Waals surface area contributed by atoms with Crippen LogP contribution in [0.25, 0.3) is 82.1 Å². The molecule has 0 aliphatic heterocycles. The van der Waals surface area contributed by atoms with Crippen molar-refractivity contribution in [1.82, 2.24) is 4.57 Å². The molecule has 3 heterocycles. The number of aromatic nitrogens is 1. The molecule has 0 N–H and O–H groups in total. The number of nitrogens with zero attached hydrogens (tertiary/aromatic N) is 2. The Labute approximate surface area is 286 Å². The highest BCUT2D eigenvalue weighted by Crippen LogP contribution is 2.43. The zero-order valence-electron chi connectivity index (χ0n) is 26.9. The van der Waals surface area contributed by atoms with Gasteiger partial charge in [-0.3, -0.25) is 0 Å². The van der Waals surface area contributed by atoms with Gasteiger partial charge in [0.25, 0.3) is 0 Å². The van der Waals surface area contributed by atoms with Crippen molar-refractivity contribution in [3.05, 3.63) is 170 Å². The van der Waals surface area contributed by atoms with Crippen LogP contribution in [0.4, 0.5) is 17.1 Å². The van der Waals surface area contributed by atoms with Gasteiger partial charge in [-0.1, -0.05) is 84.9 Å². The molecule has 8 aromatic carbocycles. The quantitative estimate of drug-likeness (QED) is 0.192. The minimum atomic E-state index is 0.879. The Hall–Kier alpha value is -6.78. The molecule has 0 saturated heterocycles. The van der Waals surface area contributed by atoms with E-state index in [1.165, 1.54) is 27.2 Å². The predicted octanol–water partition coefficient (Wildman–Crippen LogP) is 13.2. The number of hydrogen-bond acceptors (Lipinski definition) is 3. The maximum absolute atomic E-state index is 6.25. The van der Waals surface area contributed by atoms with E-state index in [1.807, 2.05) is 24.3 Å². The van der Waals surface area contributed by atoms with Gasteiger partial charge >= 0.3 is 0 Å². The van der Waals surface area contributed by atoms with Crippen molar-refractivity contribution >= 4 is 93.5 Å². The van der Waals surface area contributed by atoms with Crippen molar-refractivity contribution in [3.8, 4) is 5.69 Å². The van der Waals surface area contributed by atoms with Crippen LogP contribution < -0.4 is 4.90 Å². The number of benzene rings is 8. The van der Waals surface area contributed by atoms with Gasteiger partial charge in [0.05, 0.1) is 11.0 Å². The van der Waals surface area contributed by atoms with Crippen LogP contribution in [0.3, 0.4) is 0 Å². The lowest BCUT2D eigenvalue weighted by Crippen LogP contribution is -2.10. The average molecular weight is 641 g/mol. The normalized spacial score (nSPS) is 12.0. The lowest BCUT2D eigenvalue weighted by atomic mass is 10.0. The van der Waals surface area contributed by atoms with Crippen molar-refractivity contribution < 1.29 is 8.83 Å². The van der Waals surface area contributed by atoms with Gasteiger partial charge in [-0.25, -0.2) is 0 Å². The van der Waals surface area contributed by atoms with E-state index < -0.39 is 0 Å². The summed E-state index contributed by atoms with van der Waals surface area (Å²) in [7, 11) is 0. The van der Waals surface area contributed by atoms with E-state index in [1.54, 1.807) is 0 Å². The Morgan fingerprint density at radius 1 is 0.360 bits per heavy atom. The molecular weight excluding hydrogens is 613 g/mol. The summed E-state index contributed by atoms with van der Waals surface area (Å²) in [6.45, 7) is 0. The van der Waals surface area contributed by atoms with E-state index in [0.29, 0.717) is 0 Å². The van der Waals surface area contributed by atoms with E-state index in [0.717, 1.165) is 72.0 Å². The molecule has 11 rings (SSSR count). The van der Waals surface area contributed by atoms with Gasteiger partial charge in [0.15, 0.2) is 0 Å². The molecule has 3 aromatic heterocycles. The van der Waals surface area contributed by atoms with Crippen LogP contribution in [0, 0.1) is 0 Å². The van der Waals surface area contributed by atoms with E-state index in [4.69, 9.17) is 8.83 Å². The third kappa shape index (κ3) is 3.93. The van der Waals surface area contributed by atoms with Crippen LogP contribution in [0.5, 0.6) is 0 Å². The molecule has 0 atom stereocenters. The summed E-state index contributed by atoms with van der Waals surface area (Å²) in [6.07, 6.45) is 0. The number of rotatable bonds is 4.